The van der Waals surface area contributed by atoms with Crippen LogP contribution in [0.4, 0.5) is 5.69 Å². The Bertz CT molecular complexity index is 1270. The molecule has 2 heterocycles. The number of rotatable bonds is 6. The number of hydrogen-bond donors (Lipinski definition) is 0. The third kappa shape index (κ3) is 4.97. The molecular weight excluding hydrogens is 472 g/mol. The van der Waals surface area contributed by atoms with Crippen molar-refractivity contribution in [1.82, 2.24) is 14.5 Å². The highest BCUT2D eigenvalue weighted by molar-refractivity contribution is 5.96. The molecule has 38 heavy (non-hydrogen) atoms. The van der Waals surface area contributed by atoms with Crippen molar-refractivity contribution in [2.24, 2.45) is 0 Å². The molecule has 0 N–H and O–H groups in total. The van der Waals surface area contributed by atoms with E-state index in [0.717, 1.165) is 48.2 Å². The highest BCUT2D eigenvalue weighted by atomic mass is 16.2. The van der Waals surface area contributed by atoms with Gasteiger partial charge in [0.15, 0.2) is 0 Å². The maximum Gasteiger partial charge on any atom is 0.243 e. The Balaban J connectivity index is 1.31. The number of carbonyl (C=O) groups excluding carboxylic acids is 2. The van der Waals surface area contributed by atoms with Gasteiger partial charge in [-0.15, -0.1) is 0 Å². The predicted molar refractivity (Wildman–Crippen MR) is 151 cm³/mol. The van der Waals surface area contributed by atoms with Gasteiger partial charge < -0.3 is 14.4 Å². The number of nitrogens with zero attached hydrogens (tertiary/aromatic N) is 4. The second-order valence-electron chi connectivity index (χ2n) is 11.7. The minimum Gasteiger partial charge on any atom is -0.335 e. The van der Waals surface area contributed by atoms with Gasteiger partial charge in [-0.05, 0) is 56.9 Å². The van der Waals surface area contributed by atoms with E-state index in [2.05, 4.69) is 34.6 Å². The first-order chi connectivity index (χ1) is 18.6. The van der Waals surface area contributed by atoms with E-state index < -0.39 is 0 Å². The lowest BCUT2D eigenvalue weighted by molar-refractivity contribution is -0.138. The predicted octanol–water partition coefficient (Wildman–Crippen LogP) is 6.36. The van der Waals surface area contributed by atoms with Crippen LogP contribution in [0, 0.1) is 6.92 Å². The molecule has 1 aromatic heterocycles. The third-order valence-electron chi connectivity index (χ3n) is 9.04. The molecule has 2 saturated carbocycles. The first-order valence-corrected chi connectivity index (χ1v) is 14.7. The Morgan fingerprint density at radius 3 is 2.18 bits per heavy atom. The average Bonchev–Trinajstić information content (AvgIpc) is 3.51. The van der Waals surface area contributed by atoms with Crippen molar-refractivity contribution in [3.63, 3.8) is 0 Å². The molecule has 0 spiro atoms. The minimum absolute atomic E-state index is 0.0400. The number of imidazole rings is 1. The number of para-hydroxylation sites is 2. The number of benzene rings is 2. The van der Waals surface area contributed by atoms with E-state index in [9.17, 15) is 9.59 Å². The zero-order valence-corrected chi connectivity index (χ0v) is 22.6. The second kappa shape index (κ2) is 10.9. The summed E-state index contributed by atoms with van der Waals surface area (Å²) in [5, 5.41) is 0. The fourth-order valence-corrected chi connectivity index (χ4v) is 7.07. The topological polar surface area (TPSA) is 58.4 Å². The van der Waals surface area contributed by atoms with Crippen LogP contribution >= 0.6 is 0 Å². The molecule has 1 unspecified atom stereocenters. The van der Waals surface area contributed by atoms with Crippen molar-refractivity contribution in [2.75, 3.05) is 11.4 Å². The van der Waals surface area contributed by atoms with Crippen LogP contribution in [-0.4, -0.2) is 44.9 Å². The maximum absolute atomic E-state index is 14.2. The van der Waals surface area contributed by atoms with E-state index in [4.69, 9.17) is 4.98 Å². The number of anilines is 1. The summed E-state index contributed by atoms with van der Waals surface area (Å²) >= 11 is 0. The summed E-state index contributed by atoms with van der Waals surface area (Å²) in [6.07, 6.45) is 12.4. The molecule has 1 atom stereocenters. The monoisotopic (exact) mass is 512 g/mol. The van der Waals surface area contributed by atoms with E-state index >= 15 is 0 Å². The van der Waals surface area contributed by atoms with E-state index in [0.29, 0.717) is 31.6 Å². The molecule has 2 aliphatic carbocycles. The van der Waals surface area contributed by atoms with E-state index in [-0.39, 0.29) is 17.7 Å². The summed E-state index contributed by atoms with van der Waals surface area (Å²) in [4.78, 5) is 36.5. The molecule has 6 heteroatoms. The molecule has 3 aliphatic rings. The van der Waals surface area contributed by atoms with E-state index in [1.54, 1.807) is 0 Å². The van der Waals surface area contributed by atoms with Gasteiger partial charge in [-0.25, -0.2) is 4.98 Å². The van der Waals surface area contributed by atoms with Crippen molar-refractivity contribution >= 4 is 28.5 Å². The molecule has 6 rings (SSSR count). The highest BCUT2D eigenvalue weighted by Gasteiger charge is 2.37. The Kier molecular flexibility index (Phi) is 7.22. The van der Waals surface area contributed by atoms with Crippen molar-refractivity contribution in [2.45, 2.75) is 102 Å². The Hall–Kier alpha value is -3.15. The molecule has 3 aromatic rings. The molecule has 2 amide bonds. The fraction of sp³-hybridized carbons (Fsp3) is 0.531. The van der Waals surface area contributed by atoms with Crippen molar-refractivity contribution in [1.29, 1.82) is 0 Å². The van der Waals surface area contributed by atoms with Crippen molar-refractivity contribution in [3.8, 4) is 0 Å². The Labute approximate surface area is 226 Å². The van der Waals surface area contributed by atoms with Crippen LogP contribution < -0.4 is 4.90 Å². The summed E-state index contributed by atoms with van der Waals surface area (Å²) in [6.45, 7) is 2.95. The molecular formula is C32H40N4O2. The van der Waals surface area contributed by atoms with E-state index in [1.807, 2.05) is 35.2 Å². The lowest BCUT2D eigenvalue weighted by Crippen LogP contribution is -2.50. The smallest absolute Gasteiger partial charge is 0.243 e. The van der Waals surface area contributed by atoms with Gasteiger partial charge in [0.25, 0.3) is 0 Å². The molecule has 0 radical (unpaired) electrons. The quantitative estimate of drug-likeness (QED) is 0.386. The first kappa shape index (κ1) is 25.1. The molecule has 1 aliphatic heterocycles. The average molecular weight is 513 g/mol. The molecule has 200 valence electrons. The van der Waals surface area contributed by atoms with Gasteiger partial charge in [0, 0.05) is 36.7 Å². The van der Waals surface area contributed by atoms with Crippen LogP contribution in [0.3, 0.4) is 0 Å². The summed E-state index contributed by atoms with van der Waals surface area (Å²) in [5.41, 5.74) is 4.00. The van der Waals surface area contributed by atoms with Crippen molar-refractivity contribution < 1.29 is 9.59 Å². The van der Waals surface area contributed by atoms with Gasteiger partial charge in [0.05, 0.1) is 11.0 Å². The zero-order valence-electron chi connectivity index (χ0n) is 22.6. The summed E-state index contributed by atoms with van der Waals surface area (Å²) in [6, 6.07) is 17.0. The van der Waals surface area contributed by atoms with Crippen LogP contribution in [0.2, 0.25) is 0 Å². The lowest BCUT2D eigenvalue weighted by Gasteiger charge is -2.42. The van der Waals surface area contributed by atoms with E-state index in [1.165, 1.54) is 44.1 Å². The number of aryl methyl sites for hydroxylation is 1. The number of carbonyl (C=O) groups is 2. The number of fused-ring (bicyclic) bond motifs is 1. The van der Waals surface area contributed by atoms with Crippen LogP contribution in [0.1, 0.15) is 87.9 Å². The SMILES string of the molecule is Cc1ccc(N2CC(c3nc4ccccc4n3CC(=O)N(C3CCCCC3)C3CCCCC3)CC2=O)cc1. The van der Waals surface area contributed by atoms with Gasteiger partial charge in [0.1, 0.15) is 12.4 Å². The number of amides is 2. The van der Waals surface area contributed by atoms with Crippen LogP contribution in [0.15, 0.2) is 48.5 Å². The van der Waals surface area contributed by atoms with Crippen LogP contribution in [0.5, 0.6) is 0 Å². The Morgan fingerprint density at radius 2 is 1.53 bits per heavy atom. The molecule has 0 bridgehead atoms. The lowest BCUT2D eigenvalue weighted by atomic mass is 9.88. The fourth-order valence-electron chi connectivity index (χ4n) is 7.07. The van der Waals surface area contributed by atoms with Gasteiger partial charge in [-0.2, -0.15) is 0 Å². The van der Waals surface area contributed by atoms with Gasteiger partial charge in [0.2, 0.25) is 11.8 Å². The van der Waals surface area contributed by atoms with Crippen LogP contribution in [0.25, 0.3) is 11.0 Å². The van der Waals surface area contributed by atoms with Crippen LogP contribution in [-0.2, 0) is 16.1 Å². The standard InChI is InChI=1S/C32H40N4O2/c1-23-16-18-25(19-17-23)34-21-24(20-30(34)37)32-33-28-14-8-9-15-29(28)35(32)22-31(38)36(26-10-4-2-5-11-26)27-12-6-3-7-13-27/h8-9,14-19,24,26-27H,2-7,10-13,20-22H2,1H3. The molecule has 3 fully saturated rings. The van der Waals surface area contributed by atoms with Gasteiger partial charge in [-0.1, -0.05) is 68.4 Å². The van der Waals surface area contributed by atoms with Gasteiger partial charge >= 0.3 is 0 Å². The summed E-state index contributed by atoms with van der Waals surface area (Å²) in [5.74, 6) is 1.18. The first-order valence-electron chi connectivity index (χ1n) is 14.7. The second-order valence-corrected chi connectivity index (χ2v) is 11.7. The molecule has 6 nitrogen and oxygen atoms in total. The van der Waals surface area contributed by atoms with Crippen molar-refractivity contribution in [3.05, 3.63) is 59.9 Å². The Morgan fingerprint density at radius 1 is 0.895 bits per heavy atom. The largest absolute Gasteiger partial charge is 0.335 e. The zero-order chi connectivity index (χ0) is 26.1. The molecule has 1 saturated heterocycles. The van der Waals surface area contributed by atoms with Gasteiger partial charge in [-0.3, -0.25) is 9.59 Å². The highest BCUT2D eigenvalue weighted by Crippen LogP contribution is 2.35. The summed E-state index contributed by atoms with van der Waals surface area (Å²) in [7, 11) is 0. The summed E-state index contributed by atoms with van der Waals surface area (Å²) < 4.78 is 2.13. The number of hydrogen-bond acceptors (Lipinski definition) is 3. The third-order valence-corrected chi connectivity index (χ3v) is 9.04. The number of aromatic nitrogens is 2. The normalized spacial score (nSPS) is 21.3. The molecule has 2 aromatic carbocycles. The maximum atomic E-state index is 14.2. The minimum atomic E-state index is -0.0400.